The first kappa shape index (κ1) is 14.4. The van der Waals surface area contributed by atoms with Crippen molar-refractivity contribution in [1.82, 2.24) is 0 Å². The van der Waals surface area contributed by atoms with Gasteiger partial charge in [-0.1, -0.05) is 6.07 Å². The Bertz CT molecular complexity index is 566. The maximum atomic E-state index is 13.1. The van der Waals surface area contributed by atoms with Crippen LogP contribution in [0.3, 0.4) is 0 Å². The zero-order valence-electron chi connectivity index (χ0n) is 10.1. The number of alkyl halides is 3. The Labute approximate surface area is 111 Å². The van der Waals surface area contributed by atoms with Gasteiger partial charge in [-0.05, 0) is 24.3 Å². The van der Waals surface area contributed by atoms with Crippen molar-refractivity contribution < 1.29 is 27.1 Å². The lowest BCUT2D eigenvalue weighted by atomic mass is 10.1. The predicted octanol–water partition coefficient (Wildman–Crippen LogP) is 3.63. The number of aliphatic hydroxyl groups is 1. The van der Waals surface area contributed by atoms with Crippen molar-refractivity contribution in [2.24, 2.45) is 0 Å². The van der Waals surface area contributed by atoms with E-state index in [1.165, 1.54) is 6.26 Å². The molecule has 0 saturated carbocycles. The summed E-state index contributed by atoms with van der Waals surface area (Å²) in [5.41, 5.74) is -0.573. The molecule has 1 aromatic heterocycles. The zero-order valence-corrected chi connectivity index (χ0v) is 10.1. The Morgan fingerprint density at radius 3 is 2.60 bits per heavy atom. The Morgan fingerprint density at radius 2 is 2.00 bits per heavy atom. The molecule has 2 N–H and O–H groups in total. The van der Waals surface area contributed by atoms with Crippen molar-refractivity contribution in [3.05, 3.63) is 53.7 Å². The van der Waals surface area contributed by atoms with E-state index in [1.54, 1.807) is 12.1 Å². The van der Waals surface area contributed by atoms with Gasteiger partial charge in [0, 0.05) is 11.3 Å². The first-order chi connectivity index (χ1) is 9.38. The van der Waals surface area contributed by atoms with Crippen LogP contribution in [0.2, 0.25) is 0 Å². The van der Waals surface area contributed by atoms with Gasteiger partial charge in [-0.15, -0.1) is 0 Å². The number of anilines is 1. The molecule has 0 aliphatic carbocycles. The Kier molecular flexibility index (Phi) is 3.99. The molecule has 2 rings (SSSR count). The summed E-state index contributed by atoms with van der Waals surface area (Å²) in [6.07, 6.45) is -6.09. The highest BCUT2D eigenvalue weighted by atomic mass is 19.4. The quantitative estimate of drug-likeness (QED) is 0.845. The van der Waals surface area contributed by atoms with E-state index in [4.69, 9.17) is 4.42 Å². The number of benzene rings is 1. The molecule has 0 aliphatic heterocycles. The first-order valence-electron chi connectivity index (χ1n) is 5.68. The van der Waals surface area contributed by atoms with Crippen LogP contribution in [0.1, 0.15) is 17.4 Å². The molecule has 0 saturated heterocycles. The minimum atomic E-state index is -4.82. The molecule has 2 aromatic rings. The van der Waals surface area contributed by atoms with Gasteiger partial charge in [0.15, 0.2) is 6.10 Å². The van der Waals surface area contributed by atoms with E-state index in [9.17, 15) is 22.7 Å². The Morgan fingerprint density at radius 1 is 1.25 bits per heavy atom. The fraction of sp³-hybridized carbons (Fsp3) is 0.231. The van der Waals surface area contributed by atoms with E-state index in [2.05, 4.69) is 5.32 Å². The first-order valence-corrected chi connectivity index (χ1v) is 5.68. The third-order valence-corrected chi connectivity index (χ3v) is 2.65. The SMILES string of the molecule is OC(c1ccc(F)cc1NCc1ccco1)C(F)(F)F. The van der Waals surface area contributed by atoms with Crippen molar-refractivity contribution in [3.63, 3.8) is 0 Å². The summed E-state index contributed by atoms with van der Waals surface area (Å²) in [4.78, 5) is 0. The normalized spacial score (nSPS) is 13.2. The van der Waals surface area contributed by atoms with E-state index < -0.39 is 23.7 Å². The summed E-state index contributed by atoms with van der Waals surface area (Å²) >= 11 is 0. The van der Waals surface area contributed by atoms with Crippen LogP contribution >= 0.6 is 0 Å². The van der Waals surface area contributed by atoms with Gasteiger partial charge >= 0.3 is 6.18 Å². The zero-order chi connectivity index (χ0) is 14.8. The van der Waals surface area contributed by atoms with E-state index in [0.29, 0.717) is 5.76 Å². The molecule has 1 unspecified atom stereocenters. The summed E-state index contributed by atoms with van der Waals surface area (Å²) in [7, 11) is 0. The van der Waals surface area contributed by atoms with Crippen LogP contribution in [0.25, 0.3) is 0 Å². The Balaban J connectivity index is 2.24. The van der Waals surface area contributed by atoms with Gasteiger partial charge in [0.05, 0.1) is 12.8 Å². The second kappa shape index (κ2) is 5.54. The average Bonchev–Trinajstić information content (AvgIpc) is 2.87. The third-order valence-electron chi connectivity index (χ3n) is 2.65. The van der Waals surface area contributed by atoms with Crippen LogP contribution in [0.15, 0.2) is 41.0 Å². The smallest absolute Gasteiger partial charge is 0.418 e. The van der Waals surface area contributed by atoms with Crippen LogP contribution in [-0.4, -0.2) is 11.3 Å². The Hall–Kier alpha value is -2.02. The maximum Gasteiger partial charge on any atom is 0.418 e. The van der Waals surface area contributed by atoms with Crippen LogP contribution in [-0.2, 0) is 6.54 Å². The van der Waals surface area contributed by atoms with Gasteiger partial charge in [0.25, 0.3) is 0 Å². The molecule has 0 amide bonds. The largest absolute Gasteiger partial charge is 0.467 e. The van der Waals surface area contributed by atoms with Gasteiger partial charge in [0.1, 0.15) is 11.6 Å². The highest BCUT2D eigenvalue weighted by molar-refractivity contribution is 5.53. The van der Waals surface area contributed by atoms with Crippen LogP contribution in [0.4, 0.5) is 23.2 Å². The molecule has 0 fully saturated rings. The molecule has 1 heterocycles. The molecular formula is C13H11F4NO2. The highest BCUT2D eigenvalue weighted by Crippen LogP contribution is 2.36. The second-order valence-corrected chi connectivity index (χ2v) is 4.11. The lowest BCUT2D eigenvalue weighted by molar-refractivity contribution is -0.206. The van der Waals surface area contributed by atoms with E-state index in [-0.39, 0.29) is 12.2 Å². The number of rotatable bonds is 4. The van der Waals surface area contributed by atoms with E-state index >= 15 is 0 Å². The van der Waals surface area contributed by atoms with Crippen LogP contribution < -0.4 is 5.32 Å². The van der Waals surface area contributed by atoms with Crippen molar-refractivity contribution in [2.45, 2.75) is 18.8 Å². The molecule has 108 valence electrons. The number of hydrogen-bond acceptors (Lipinski definition) is 3. The van der Waals surface area contributed by atoms with Gasteiger partial charge in [0.2, 0.25) is 0 Å². The van der Waals surface area contributed by atoms with Crippen LogP contribution in [0.5, 0.6) is 0 Å². The van der Waals surface area contributed by atoms with Crippen molar-refractivity contribution in [1.29, 1.82) is 0 Å². The molecule has 1 aromatic carbocycles. The summed E-state index contributed by atoms with van der Waals surface area (Å²) in [6.45, 7) is 0.0774. The number of aliphatic hydroxyl groups excluding tert-OH is 1. The molecule has 0 aliphatic rings. The second-order valence-electron chi connectivity index (χ2n) is 4.11. The third kappa shape index (κ3) is 3.30. The molecule has 3 nitrogen and oxygen atoms in total. The molecule has 20 heavy (non-hydrogen) atoms. The highest BCUT2D eigenvalue weighted by Gasteiger charge is 2.40. The topological polar surface area (TPSA) is 45.4 Å². The predicted molar refractivity (Wildman–Crippen MR) is 63.4 cm³/mol. The fourth-order valence-corrected chi connectivity index (χ4v) is 1.69. The molecule has 7 heteroatoms. The van der Waals surface area contributed by atoms with Gasteiger partial charge in [-0.25, -0.2) is 4.39 Å². The molecule has 0 bridgehead atoms. The van der Waals surface area contributed by atoms with E-state index in [0.717, 1.165) is 18.2 Å². The molecule has 0 spiro atoms. The van der Waals surface area contributed by atoms with E-state index in [1.807, 2.05) is 0 Å². The molecular weight excluding hydrogens is 278 g/mol. The maximum absolute atomic E-state index is 13.1. The number of hydrogen-bond donors (Lipinski definition) is 2. The molecule has 0 radical (unpaired) electrons. The summed E-state index contributed by atoms with van der Waals surface area (Å²) < 4.78 is 55.8. The van der Waals surface area contributed by atoms with Gasteiger partial charge in [-0.3, -0.25) is 0 Å². The lowest BCUT2D eigenvalue weighted by Gasteiger charge is -2.19. The van der Waals surface area contributed by atoms with Gasteiger partial charge < -0.3 is 14.8 Å². The fourth-order valence-electron chi connectivity index (χ4n) is 1.69. The average molecular weight is 289 g/mol. The number of furan rings is 1. The minimum absolute atomic E-state index is 0.0774. The standard InChI is InChI=1S/C13H11F4NO2/c14-8-3-4-10(12(19)13(15,16)17)11(6-8)18-7-9-2-1-5-20-9/h1-6,12,18-19H,7H2. The summed E-state index contributed by atoms with van der Waals surface area (Å²) in [5.74, 6) is -0.230. The molecule has 1 atom stereocenters. The van der Waals surface area contributed by atoms with Crippen molar-refractivity contribution >= 4 is 5.69 Å². The monoisotopic (exact) mass is 289 g/mol. The summed E-state index contributed by atoms with van der Waals surface area (Å²) in [6, 6.07) is 5.90. The summed E-state index contributed by atoms with van der Waals surface area (Å²) in [5, 5.41) is 11.9. The van der Waals surface area contributed by atoms with Crippen molar-refractivity contribution in [2.75, 3.05) is 5.32 Å². The van der Waals surface area contributed by atoms with Gasteiger partial charge in [-0.2, -0.15) is 13.2 Å². The van der Waals surface area contributed by atoms with Crippen LogP contribution in [0, 0.1) is 5.82 Å². The van der Waals surface area contributed by atoms with Crippen molar-refractivity contribution in [3.8, 4) is 0 Å². The lowest BCUT2D eigenvalue weighted by Crippen LogP contribution is -2.21. The number of nitrogens with one attached hydrogen (secondary N) is 1. The number of halogens is 4. The minimum Gasteiger partial charge on any atom is -0.467 e.